The van der Waals surface area contributed by atoms with Gasteiger partial charge in [0.1, 0.15) is 5.82 Å². The Balaban J connectivity index is 2.97. The summed E-state index contributed by atoms with van der Waals surface area (Å²) >= 11 is 3.04. The number of hydrogen-bond acceptors (Lipinski definition) is 2. The molecule has 0 fully saturated rings. The summed E-state index contributed by atoms with van der Waals surface area (Å²) in [6, 6.07) is 4.24. The number of nitrogens with zero attached hydrogens (tertiary/aromatic N) is 1. The van der Waals surface area contributed by atoms with Crippen molar-refractivity contribution in [3.8, 4) is 0 Å². The van der Waals surface area contributed by atoms with E-state index in [1.165, 1.54) is 30.1 Å². The molecule has 4 nitrogen and oxygen atoms in total. The molecule has 98 valence electrons. The van der Waals surface area contributed by atoms with Crippen LogP contribution in [0.5, 0.6) is 0 Å². The number of hydrogen-bond donors (Lipinski definition) is 1. The van der Waals surface area contributed by atoms with Crippen LogP contribution in [0.25, 0.3) is 0 Å². The molecule has 0 atom stereocenters. The van der Waals surface area contributed by atoms with Crippen LogP contribution in [0, 0.1) is 5.82 Å². The maximum Gasteiger partial charge on any atom is 0.255 e. The topological polar surface area (TPSA) is 49.4 Å². The molecule has 0 radical (unpaired) electrons. The minimum atomic E-state index is -0.503. The predicted octanol–water partition coefficient (Wildman–Crippen LogP) is 1.80. The van der Waals surface area contributed by atoms with Crippen LogP contribution < -0.4 is 5.32 Å². The van der Waals surface area contributed by atoms with Crippen LogP contribution in [-0.2, 0) is 4.79 Å². The molecule has 1 rings (SSSR count). The van der Waals surface area contributed by atoms with Crippen molar-refractivity contribution in [1.29, 1.82) is 0 Å². The third-order valence-corrected chi connectivity index (χ3v) is 3.27. The summed E-state index contributed by atoms with van der Waals surface area (Å²) < 4.78 is 13.5. The summed E-state index contributed by atoms with van der Waals surface area (Å²) in [6.07, 6.45) is 0. The van der Waals surface area contributed by atoms with Crippen molar-refractivity contribution < 1.29 is 14.0 Å². The molecule has 0 saturated heterocycles. The van der Waals surface area contributed by atoms with E-state index in [2.05, 4.69) is 21.2 Å². The van der Waals surface area contributed by atoms with Gasteiger partial charge in [0.2, 0.25) is 5.91 Å². The number of carbonyl (C=O) groups is 2. The van der Waals surface area contributed by atoms with Gasteiger partial charge < -0.3 is 10.2 Å². The van der Waals surface area contributed by atoms with Crippen molar-refractivity contribution in [2.45, 2.75) is 6.92 Å². The van der Waals surface area contributed by atoms with Gasteiger partial charge in [0.15, 0.2) is 0 Å². The first-order valence-corrected chi connectivity index (χ1v) is 6.24. The van der Waals surface area contributed by atoms with Crippen LogP contribution in [0.15, 0.2) is 22.7 Å². The maximum absolute atomic E-state index is 13.3. The third kappa shape index (κ3) is 3.29. The van der Waals surface area contributed by atoms with Crippen molar-refractivity contribution in [2.24, 2.45) is 0 Å². The van der Waals surface area contributed by atoms with Crippen LogP contribution >= 0.6 is 15.9 Å². The Morgan fingerprint density at radius 1 is 1.44 bits per heavy atom. The van der Waals surface area contributed by atoms with Crippen molar-refractivity contribution in [2.75, 3.05) is 20.1 Å². The van der Waals surface area contributed by atoms with Crippen molar-refractivity contribution in [3.63, 3.8) is 0 Å². The van der Waals surface area contributed by atoms with E-state index in [1.54, 1.807) is 6.92 Å². The largest absolute Gasteiger partial charge is 0.358 e. The molecule has 1 aromatic rings. The Kier molecular flexibility index (Phi) is 5.27. The van der Waals surface area contributed by atoms with Gasteiger partial charge in [0.25, 0.3) is 5.91 Å². The van der Waals surface area contributed by atoms with Crippen LogP contribution in [0.4, 0.5) is 4.39 Å². The Labute approximate surface area is 113 Å². The van der Waals surface area contributed by atoms with E-state index in [0.717, 1.165) is 0 Å². The second kappa shape index (κ2) is 6.49. The lowest BCUT2D eigenvalue weighted by Gasteiger charge is -2.20. The molecule has 0 unspecified atom stereocenters. The molecular formula is C12H14BrFN2O2. The fourth-order valence-electron chi connectivity index (χ4n) is 1.42. The summed E-state index contributed by atoms with van der Waals surface area (Å²) in [7, 11) is 1.50. The summed E-state index contributed by atoms with van der Waals surface area (Å²) in [4.78, 5) is 24.8. The average molecular weight is 317 g/mol. The molecule has 0 spiro atoms. The summed E-state index contributed by atoms with van der Waals surface area (Å²) in [5, 5.41) is 2.44. The number of carbonyl (C=O) groups excluding carboxylic acids is 2. The average Bonchev–Trinajstić information content (AvgIpc) is 2.38. The van der Waals surface area contributed by atoms with Gasteiger partial charge in [0.05, 0.1) is 16.6 Å². The molecule has 2 amide bonds. The van der Waals surface area contributed by atoms with Crippen LogP contribution in [0.3, 0.4) is 0 Å². The lowest BCUT2D eigenvalue weighted by atomic mass is 10.2. The fourth-order valence-corrected chi connectivity index (χ4v) is 1.85. The molecular weight excluding hydrogens is 303 g/mol. The fraction of sp³-hybridized carbons (Fsp3) is 0.333. The van der Waals surface area contributed by atoms with Gasteiger partial charge in [-0.2, -0.15) is 0 Å². The second-order valence-corrected chi connectivity index (χ2v) is 4.39. The molecule has 0 aliphatic carbocycles. The highest BCUT2D eigenvalue weighted by Gasteiger charge is 2.20. The van der Waals surface area contributed by atoms with Crippen LogP contribution in [0.1, 0.15) is 17.3 Å². The number of likely N-dealkylation sites (N-methyl/N-ethyl adjacent to an activating group) is 2. The normalized spacial score (nSPS) is 10.0. The van der Waals surface area contributed by atoms with Gasteiger partial charge in [-0.15, -0.1) is 0 Å². The Morgan fingerprint density at radius 2 is 2.11 bits per heavy atom. The number of amides is 2. The number of rotatable bonds is 4. The first kappa shape index (κ1) is 14.6. The van der Waals surface area contributed by atoms with Gasteiger partial charge in [-0.3, -0.25) is 9.59 Å². The molecule has 0 saturated carbocycles. The SMILES string of the molecule is CCN(CC(=O)NC)C(=O)c1cccc(F)c1Br. The Hall–Kier alpha value is -1.43. The lowest BCUT2D eigenvalue weighted by molar-refractivity contribution is -0.121. The summed E-state index contributed by atoms with van der Waals surface area (Å²) in [5.74, 6) is -1.15. The van der Waals surface area contributed by atoms with Gasteiger partial charge in [-0.05, 0) is 35.0 Å². The van der Waals surface area contributed by atoms with Gasteiger partial charge >= 0.3 is 0 Å². The zero-order chi connectivity index (χ0) is 13.7. The first-order chi connectivity index (χ1) is 8.51. The summed E-state index contributed by atoms with van der Waals surface area (Å²) in [5.41, 5.74) is 0.209. The van der Waals surface area contributed by atoms with Crippen molar-refractivity contribution >= 4 is 27.7 Å². The molecule has 0 aliphatic heterocycles. The van der Waals surface area contributed by atoms with E-state index in [9.17, 15) is 14.0 Å². The minimum Gasteiger partial charge on any atom is -0.358 e. The molecule has 0 bridgehead atoms. The van der Waals surface area contributed by atoms with Crippen molar-refractivity contribution in [3.05, 3.63) is 34.1 Å². The van der Waals surface area contributed by atoms with Gasteiger partial charge in [-0.1, -0.05) is 6.07 Å². The molecule has 0 heterocycles. The molecule has 0 aromatic heterocycles. The second-order valence-electron chi connectivity index (χ2n) is 3.59. The number of halogens is 2. The Morgan fingerprint density at radius 3 is 2.67 bits per heavy atom. The van der Waals surface area contributed by atoms with E-state index in [-0.39, 0.29) is 28.4 Å². The van der Waals surface area contributed by atoms with Gasteiger partial charge in [0, 0.05) is 13.6 Å². The standard InChI is InChI=1S/C12H14BrFN2O2/c1-3-16(7-10(17)15-2)12(18)8-5-4-6-9(14)11(8)13/h4-6H,3,7H2,1-2H3,(H,15,17). The van der Waals surface area contributed by atoms with E-state index in [4.69, 9.17) is 0 Å². The van der Waals surface area contributed by atoms with E-state index in [1.807, 2.05) is 0 Å². The third-order valence-electron chi connectivity index (χ3n) is 2.46. The smallest absolute Gasteiger partial charge is 0.255 e. The quantitative estimate of drug-likeness (QED) is 0.920. The molecule has 6 heteroatoms. The Bertz CT molecular complexity index is 465. The maximum atomic E-state index is 13.3. The van der Waals surface area contributed by atoms with E-state index in [0.29, 0.717) is 6.54 Å². The molecule has 0 aliphatic rings. The zero-order valence-corrected chi connectivity index (χ0v) is 11.8. The van der Waals surface area contributed by atoms with Gasteiger partial charge in [-0.25, -0.2) is 4.39 Å². The van der Waals surface area contributed by atoms with Crippen LogP contribution in [0.2, 0.25) is 0 Å². The van der Waals surface area contributed by atoms with E-state index < -0.39 is 5.82 Å². The molecule has 18 heavy (non-hydrogen) atoms. The molecule has 1 N–H and O–H groups in total. The number of benzene rings is 1. The van der Waals surface area contributed by atoms with Crippen molar-refractivity contribution in [1.82, 2.24) is 10.2 Å². The highest BCUT2D eigenvalue weighted by atomic mass is 79.9. The highest BCUT2D eigenvalue weighted by molar-refractivity contribution is 9.10. The minimum absolute atomic E-state index is 0.0468. The highest BCUT2D eigenvalue weighted by Crippen LogP contribution is 2.21. The van der Waals surface area contributed by atoms with E-state index >= 15 is 0 Å². The molecule has 1 aromatic carbocycles. The monoisotopic (exact) mass is 316 g/mol. The number of nitrogens with one attached hydrogen (secondary N) is 1. The lowest BCUT2D eigenvalue weighted by Crippen LogP contribution is -2.39. The van der Waals surface area contributed by atoms with Crippen LogP contribution in [-0.4, -0.2) is 36.9 Å². The predicted molar refractivity (Wildman–Crippen MR) is 69.7 cm³/mol. The zero-order valence-electron chi connectivity index (χ0n) is 10.2. The summed E-state index contributed by atoms with van der Waals surface area (Å²) in [6.45, 7) is 2.08. The first-order valence-electron chi connectivity index (χ1n) is 5.45.